The summed E-state index contributed by atoms with van der Waals surface area (Å²) in [6, 6.07) is 1.56. The average Bonchev–Trinajstić information content (AvgIpc) is 2.71. The molecule has 0 spiro atoms. The number of alkyl halides is 3. The van der Waals surface area contributed by atoms with Crippen molar-refractivity contribution in [3.8, 4) is 0 Å². The van der Waals surface area contributed by atoms with Gasteiger partial charge in [0.2, 0.25) is 5.91 Å². The molecule has 1 amide bonds. The van der Waals surface area contributed by atoms with Crippen molar-refractivity contribution in [2.24, 2.45) is 0 Å². The SMILES string of the molecule is O=C1CCC(CNc2cc(C(F)(F)F)cc(Cl)n2)N1. The van der Waals surface area contributed by atoms with E-state index in [1.54, 1.807) is 0 Å². The van der Waals surface area contributed by atoms with Gasteiger partial charge in [-0.1, -0.05) is 11.6 Å². The first-order chi connectivity index (χ1) is 8.84. The summed E-state index contributed by atoms with van der Waals surface area (Å²) in [6.07, 6.45) is -3.38. The second-order valence-corrected chi connectivity index (χ2v) is 4.63. The number of rotatable bonds is 3. The fraction of sp³-hybridized carbons (Fsp3) is 0.455. The van der Waals surface area contributed by atoms with E-state index in [1.807, 2.05) is 0 Å². The molecule has 4 nitrogen and oxygen atoms in total. The number of hydrogen-bond acceptors (Lipinski definition) is 3. The first kappa shape index (κ1) is 13.9. The molecule has 1 aromatic heterocycles. The van der Waals surface area contributed by atoms with Crippen LogP contribution in [0, 0.1) is 0 Å². The number of nitrogens with one attached hydrogen (secondary N) is 2. The lowest BCUT2D eigenvalue weighted by molar-refractivity contribution is -0.137. The van der Waals surface area contributed by atoms with Gasteiger partial charge in [-0.15, -0.1) is 0 Å². The molecule has 1 fully saturated rings. The lowest BCUT2D eigenvalue weighted by Crippen LogP contribution is -2.32. The molecule has 1 aromatic rings. The molecule has 2 rings (SSSR count). The van der Waals surface area contributed by atoms with Crippen molar-refractivity contribution < 1.29 is 18.0 Å². The van der Waals surface area contributed by atoms with E-state index in [-0.39, 0.29) is 22.9 Å². The molecule has 104 valence electrons. The van der Waals surface area contributed by atoms with Gasteiger partial charge in [0.25, 0.3) is 0 Å². The van der Waals surface area contributed by atoms with E-state index in [4.69, 9.17) is 11.6 Å². The number of nitrogens with zero attached hydrogens (tertiary/aromatic N) is 1. The highest BCUT2D eigenvalue weighted by Gasteiger charge is 2.31. The van der Waals surface area contributed by atoms with Crippen LogP contribution in [0.4, 0.5) is 19.0 Å². The number of anilines is 1. The van der Waals surface area contributed by atoms with Crippen LogP contribution in [-0.4, -0.2) is 23.5 Å². The van der Waals surface area contributed by atoms with Crippen LogP contribution in [-0.2, 0) is 11.0 Å². The van der Waals surface area contributed by atoms with E-state index in [2.05, 4.69) is 15.6 Å². The molecule has 1 aliphatic rings. The highest BCUT2D eigenvalue weighted by Crippen LogP contribution is 2.31. The van der Waals surface area contributed by atoms with Crippen molar-refractivity contribution in [1.82, 2.24) is 10.3 Å². The monoisotopic (exact) mass is 293 g/mol. The van der Waals surface area contributed by atoms with Crippen LogP contribution in [0.2, 0.25) is 5.15 Å². The zero-order valence-electron chi connectivity index (χ0n) is 9.72. The quantitative estimate of drug-likeness (QED) is 0.842. The number of amides is 1. The Bertz CT molecular complexity index is 493. The third-order valence-corrected chi connectivity index (χ3v) is 2.93. The van der Waals surface area contributed by atoms with E-state index in [9.17, 15) is 18.0 Å². The van der Waals surface area contributed by atoms with Crippen molar-refractivity contribution in [3.63, 3.8) is 0 Å². The van der Waals surface area contributed by atoms with E-state index >= 15 is 0 Å². The molecule has 8 heteroatoms. The Kier molecular flexibility index (Phi) is 3.84. The van der Waals surface area contributed by atoms with Gasteiger partial charge >= 0.3 is 6.18 Å². The van der Waals surface area contributed by atoms with Gasteiger partial charge in [-0.25, -0.2) is 4.98 Å². The molecule has 19 heavy (non-hydrogen) atoms. The lowest BCUT2D eigenvalue weighted by Gasteiger charge is -2.13. The van der Waals surface area contributed by atoms with E-state index in [1.165, 1.54) is 0 Å². The predicted molar refractivity (Wildman–Crippen MR) is 63.9 cm³/mol. The van der Waals surface area contributed by atoms with Crippen molar-refractivity contribution in [2.45, 2.75) is 25.1 Å². The molecule has 1 unspecified atom stereocenters. The van der Waals surface area contributed by atoms with Crippen LogP contribution in [0.1, 0.15) is 18.4 Å². The summed E-state index contributed by atoms with van der Waals surface area (Å²) in [4.78, 5) is 14.7. The van der Waals surface area contributed by atoms with Crippen LogP contribution in [0.25, 0.3) is 0 Å². The normalized spacial score (nSPS) is 19.4. The summed E-state index contributed by atoms with van der Waals surface area (Å²) >= 11 is 5.55. The van der Waals surface area contributed by atoms with Crippen LogP contribution in [0.15, 0.2) is 12.1 Å². The van der Waals surface area contributed by atoms with Crippen LogP contribution in [0.3, 0.4) is 0 Å². The summed E-state index contributed by atoms with van der Waals surface area (Å²) in [5.41, 5.74) is -0.856. The largest absolute Gasteiger partial charge is 0.416 e. The fourth-order valence-electron chi connectivity index (χ4n) is 1.81. The van der Waals surface area contributed by atoms with E-state index in [0.29, 0.717) is 19.4 Å². The Morgan fingerprint density at radius 1 is 1.47 bits per heavy atom. The number of aromatic nitrogens is 1. The lowest BCUT2D eigenvalue weighted by atomic mass is 10.2. The molecule has 2 N–H and O–H groups in total. The third-order valence-electron chi connectivity index (χ3n) is 2.74. The van der Waals surface area contributed by atoms with E-state index in [0.717, 1.165) is 12.1 Å². The van der Waals surface area contributed by atoms with Gasteiger partial charge in [0, 0.05) is 19.0 Å². The Morgan fingerprint density at radius 3 is 2.79 bits per heavy atom. The minimum atomic E-state index is -4.47. The van der Waals surface area contributed by atoms with Crippen molar-refractivity contribution in [2.75, 3.05) is 11.9 Å². The maximum absolute atomic E-state index is 12.6. The summed E-state index contributed by atoms with van der Waals surface area (Å²) in [5.74, 6) is -0.0113. The predicted octanol–water partition coefficient (Wildman–Crippen LogP) is 2.44. The van der Waals surface area contributed by atoms with Gasteiger partial charge in [-0.3, -0.25) is 4.79 Å². The highest BCUT2D eigenvalue weighted by molar-refractivity contribution is 6.29. The zero-order valence-corrected chi connectivity index (χ0v) is 10.5. The second-order valence-electron chi connectivity index (χ2n) is 4.25. The molecule has 1 saturated heterocycles. The molecular weight excluding hydrogens is 283 g/mol. The van der Waals surface area contributed by atoms with Gasteiger partial charge in [-0.05, 0) is 18.6 Å². The standard InChI is InChI=1S/C11H11ClF3N3O/c12-8-3-6(11(13,14)15)4-9(18-8)16-5-7-1-2-10(19)17-7/h3-4,7H,1-2,5H2,(H,16,18)(H,17,19). The van der Waals surface area contributed by atoms with Gasteiger partial charge in [0.1, 0.15) is 11.0 Å². The molecule has 0 saturated carbocycles. The maximum Gasteiger partial charge on any atom is 0.416 e. The summed E-state index contributed by atoms with van der Waals surface area (Å²) in [5, 5.41) is 5.22. The number of carbonyl (C=O) groups excluding carboxylic acids is 1. The number of pyridine rings is 1. The Hall–Kier alpha value is -1.50. The zero-order chi connectivity index (χ0) is 14.0. The average molecular weight is 294 g/mol. The third kappa shape index (κ3) is 3.73. The van der Waals surface area contributed by atoms with Gasteiger partial charge in [0.05, 0.1) is 5.56 Å². The molecule has 0 bridgehead atoms. The van der Waals surface area contributed by atoms with Crippen molar-refractivity contribution in [1.29, 1.82) is 0 Å². The molecule has 1 aliphatic heterocycles. The van der Waals surface area contributed by atoms with Gasteiger partial charge < -0.3 is 10.6 Å². The minimum Gasteiger partial charge on any atom is -0.368 e. The Morgan fingerprint density at radius 2 is 2.21 bits per heavy atom. The smallest absolute Gasteiger partial charge is 0.368 e. The highest BCUT2D eigenvalue weighted by atomic mass is 35.5. The van der Waals surface area contributed by atoms with Crippen molar-refractivity contribution >= 4 is 23.3 Å². The molecule has 0 aromatic carbocycles. The topological polar surface area (TPSA) is 54.0 Å². The minimum absolute atomic E-state index is 0.0426. The summed E-state index contributed by atoms with van der Waals surface area (Å²) in [7, 11) is 0. The van der Waals surface area contributed by atoms with Crippen molar-refractivity contribution in [3.05, 3.63) is 22.8 Å². The number of hydrogen-bond donors (Lipinski definition) is 2. The molecule has 0 aliphatic carbocycles. The molecule has 0 radical (unpaired) electrons. The molecule has 1 atom stereocenters. The molecule has 2 heterocycles. The van der Waals surface area contributed by atoms with Gasteiger partial charge in [-0.2, -0.15) is 13.2 Å². The van der Waals surface area contributed by atoms with E-state index < -0.39 is 11.7 Å². The van der Waals surface area contributed by atoms with Crippen LogP contribution in [0.5, 0.6) is 0 Å². The number of halogens is 4. The number of carbonyl (C=O) groups is 1. The summed E-state index contributed by atoms with van der Waals surface area (Å²) < 4.78 is 37.7. The Labute approximate surface area is 112 Å². The Balaban J connectivity index is 2.04. The van der Waals surface area contributed by atoms with Crippen LogP contribution < -0.4 is 10.6 Å². The fourth-order valence-corrected chi connectivity index (χ4v) is 2.02. The molecular formula is C11H11ClF3N3O. The van der Waals surface area contributed by atoms with Crippen LogP contribution >= 0.6 is 11.6 Å². The first-order valence-corrected chi connectivity index (χ1v) is 6.00. The maximum atomic E-state index is 12.6. The van der Waals surface area contributed by atoms with Gasteiger partial charge in [0.15, 0.2) is 0 Å². The summed E-state index contributed by atoms with van der Waals surface area (Å²) in [6.45, 7) is 0.316. The first-order valence-electron chi connectivity index (χ1n) is 5.62. The second kappa shape index (κ2) is 5.24.